The lowest BCUT2D eigenvalue weighted by atomic mass is 10.3. The van der Waals surface area contributed by atoms with Crippen molar-refractivity contribution in [3.05, 3.63) is 40.5 Å². The first-order valence-corrected chi connectivity index (χ1v) is 6.79. The normalized spacial score (nSPS) is 12.2. The number of hydrogen-bond donors (Lipinski definition) is 2. The van der Waals surface area contributed by atoms with Gasteiger partial charge >= 0.3 is 0 Å². The Labute approximate surface area is 127 Å². The quantitative estimate of drug-likeness (QED) is 0.860. The molecule has 0 saturated carbocycles. The molecular weight excluding hydrogens is 301 g/mol. The molecule has 0 bridgehead atoms. The lowest BCUT2D eigenvalue weighted by Gasteiger charge is -2.13. The minimum Gasteiger partial charge on any atom is -0.491 e. The van der Waals surface area contributed by atoms with E-state index in [4.69, 9.17) is 27.9 Å². The number of aryl methyl sites for hydroxylation is 1. The Bertz CT molecular complexity index is 574. The number of hydrogen-bond acceptors (Lipinski definition) is 4. The minimum atomic E-state index is -0.661. The third-order valence-corrected chi connectivity index (χ3v) is 3.30. The van der Waals surface area contributed by atoms with E-state index in [1.165, 1.54) is 0 Å². The Kier molecular flexibility index (Phi) is 5.11. The van der Waals surface area contributed by atoms with E-state index in [0.717, 1.165) is 0 Å². The highest BCUT2D eigenvalue weighted by Gasteiger charge is 2.07. The summed E-state index contributed by atoms with van der Waals surface area (Å²) in [5.74, 6) is 1.28. The molecule has 108 valence electrons. The average Bonchev–Trinajstić information content (AvgIpc) is 2.83. The van der Waals surface area contributed by atoms with Gasteiger partial charge in [0.05, 0.1) is 10.0 Å². The second-order valence-electron chi connectivity index (χ2n) is 4.30. The summed E-state index contributed by atoms with van der Waals surface area (Å²) in [5, 5.41) is 17.9. The van der Waals surface area contributed by atoms with Gasteiger partial charge in [-0.05, 0) is 12.1 Å². The Hall–Kier alpha value is -1.43. The number of nitrogens with one attached hydrogen (secondary N) is 1. The predicted octanol–water partition coefficient (Wildman–Crippen LogP) is 2.58. The fraction of sp³-hybridized carbons (Fsp3) is 0.308. The van der Waals surface area contributed by atoms with Gasteiger partial charge in [0.25, 0.3) is 0 Å². The topological polar surface area (TPSA) is 59.3 Å². The van der Waals surface area contributed by atoms with Crippen LogP contribution in [0.4, 0.5) is 5.82 Å². The van der Waals surface area contributed by atoms with Crippen molar-refractivity contribution in [1.29, 1.82) is 0 Å². The zero-order chi connectivity index (χ0) is 14.5. The second kappa shape index (κ2) is 6.83. The number of rotatable bonds is 6. The molecule has 0 saturated heterocycles. The summed E-state index contributed by atoms with van der Waals surface area (Å²) >= 11 is 11.7. The lowest BCUT2D eigenvalue weighted by Crippen LogP contribution is -2.26. The van der Waals surface area contributed by atoms with Crippen molar-refractivity contribution in [2.24, 2.45) is 7.05 Å². The number of ether oxygens (including phenoxy) is 1. The van der Waals surface area contributed by atoms with Gasteiger partial charge in [-0.2, -0.15) is 5.10 Å². The fourth-order valence-electron chi connectivity index (χ4n) is 1.55. The summed E-state index contributed by atoms with van der Waals surface area (Å²) in [7, 11) is 1.83. The first-order chi connectivity index (χ1) is 9.54. The van der Waals surface area contributed by atoms with Crippen molar-refractivity contribution in [3.63, 3.8) is 0 Å². The number of aromatic nitrogens is 2. The fourth-order valence-corrected chi connectivity index (χ4v) is 1.84. The summed E-state index contributed by atoms with van der Waals surface area (Å²) in [6.45, 7) is 0.496. The number of nitrogens with zero attached hydrogens (tertiary/aromatic N) is 2. The smallest absolute Gasteiger partial charge is 0.148 e. The summed E-state index contributed by atoms with van der Waals surface area (Å²) in [6, 6.07) is 6.79. The van der Waals surface area contributed by atoms with Crippen LogP contribution in [0.1, 0.15) is 0 Å². The van der Waals surface area contributed by atoms with E-state index in [9.17, 15) is 5.11 Å². The molecule has 2 aromatic rings. The van der Waals surface area contributed by atoms with Gasteiger partial charge in [0.1, 0.15) is 24.3 Å². The van der Waals surface area contributed by atoms with Gasteiger partial charge in [-0.1, -0.05) is 23.2 Å². The highest BCUT2D eigenvalue weighted by atomic mass is 35.5. The number of halogens is 2. The Morgan fingerprint density at radius 3 is 2.80 bits per heavy atom. The molecule has 0 aliphatic heterocycles. The Morgan fingerprint density at radius 1 is 1.35 bits per heavy atom. The molecule has 20 heavy (non-hydrogen) atoms. The van der Waals surface area contributed by atoms with Gasteiger partial charge in [-0.3, -0.25) is 4.68 Å². The SMILES string of the molecule is Cn1ccc(NCC(O)COc2ccc(Cl)c(Cl)c2)n1. The van der Waals surface area contributed by atoms with Crippen molar-refractivity contribution < 1.29 is 9.84 Å². The van der Waals surface area contributed by atoms with Crippen LogP contribution in [-0.2, 0) is 7.05 Å². The van der Waals surface area contributed by atoms with Crippen LogP contribution in [0.3, 0.4) is 0 Å². The molecule has 0 radical (unpaired) electrons. The lowest BCUT2D eigenvalue weighted by molar-refractivity contribution is 0.117. The Morgan fingerprint density at radius 2 is 2.15 bits per heavy atom. The van der Waals surface area contributed by atoms with E-state index in [1.54, 1.807) is 22.9 Å². The largest absolute Gasteiger partial charge is 0.491 e. The monoisotopic (exact) mass is 315 g/mol. The van der Waals surface area contributed by atoms with Crippen molar-refractivity contribution >= 4 is 29.0 Å². The summed E-state index contributed by atoms with van der Waals surface area (Å²) in [4.78, 5) is 0. The van der Waals surface area contributed by atoms with Crippen LogP contribution in [0.5, 0.6) is 5.75 Å². The standard InChI is InChI=1S/C13H15Cl2N3O2/c1-18-5-4-13(17-18)16-7-9(19)8-20-10-2-3-11(14)12(15)6-10/h2-6,9,19H,7-8H2,1H3,(H,16,17). The van der Waals surface area contributed by atoms with Crippen LogP contribution in [0.25, 0.3) is 0 Å². The zero-order valence-electron chi connectivity index (χ0n) is 10.9. The number of aliphatic hydroxyl groups is 1. The van der Waals surface area contributed by atoms with Crippen LogP contribution in [0.15, 0.2) is 30.5 Å². The van der Waals surface area contributed by atoms with Crippen molar-refractivity contribution in [2.75, 3.05) is 18.5 Å². The molecule has 7 heteroatoms. The molecule has 0 aliphatic rings. The van der Waals surface area contributed by atoms with Crippen LogP contribution >= 0.6 is 23.2 Å². The van der Waals surface area contributed by atoms with Crippen LogP contribution in [0.2, 0.25) is 10.0 Å². The molecule has 0 aliphatic carbocycles. The molecule has 0 fully saturated rings. The maximum Gasteiger partial charge on any atom is 0.148 e. The van der Waals surface area contributed by atoms with E-state index in [1.807, 2.05) is 19.3 Å². The van der Waals surface area contributed by atoms with E-state index >= 15 is 0 Å². The number of aliphatic hydroxyl groups excluding tert-OH is 1. The molecule has 5 nitrogen and oxygen atoms in total. The van der Waals surface area contributed by atoms with E-state index in [2.05, 4.69) is 10.4 Å². The molecule has 1 aromatic carbocycles. The van der Waals surface area contributed by atoms with Crippen molar-refractivity contribution in [3.8, 4) is 5.75 Å². The molecule has 0 amide bonds. The van der Waals surface area contributed by atoms with E-state index in [-0.39, 0.29) is 6.61 Å². The summed E-state index contributed by atoms with van der Waals surface area (Å²) in [6.07, 6.45) is 1.16. The summed E-state index contributed by atoms with van der Waals surface area (Å²) < 4.78 is 7.12. The van der Waals surface area contributed by atoms with Gasteiger partial charge in [0.15, 0.2) is 0 Å². The highest BCUT2D eigenvalue weighted by molar-refractivity contribution is 6.42. The molecule has 0 spiro atoms. The Balaban J connectivity index is 1.77. The molecule has 1 unspecified atom stereocenters. The van der Waals surface area contributed by atoms with Gasteiger partial charge in [0, 0.05) is 31.9 Å². The van der Waals surface area contributed by atoms with Crippen LogP contribution in [0, 0.1) is 0 Å². The molecular formula is C13H15Cl2N3O2. The zero-order valence-corrected chi connectivity index (χ0v) is 12.4. The molecule has 1 atom stereocenters. The van der Waals surface area contributed by atoms with Gasteiger partial charge in [-0.25, -0.2) is 0 Å². The third kappa shape index (κ3) is 4.30. The molecule has 1 heterocycles. The first-order valence-electron chi connectivity index (χ1n) is 6.04. The maximum absolute atomic E-state index is 9.82. The first kappa shape index (κ1) is 15.0. The minimum absolute atomic E-state index is 0.151. The van der Waals surface area contributed by atoms with Crippen LogP contribution < -0.4 is 10.1 Å². The van der Waals surface area contributed by atoms with Gasteiger partial charge < -0.3 is 15.2 Å². The predicted molar refractivity (Wildman–Crippen MR) is 79.7 cm³/mol. The van der Waals surface area contributed by atoms with Gasteiger partial charge in [0.2, 0.25) is 0 Å². The van der Waals surface area contributed by atoms with E-state index in [0.29, 0.717) is 28.2 Å². The highest BCUT2D eigenvalue weighted by Crippen LogP contribution is 2.26. The summed E-state index contributed by atoms with van der Waals surface area (Å²) in [5.41, 5.74) is 0. The maximum atomic E-state index is 9.82. The number of anilines is 1. The molecule has 1 aromatic heterocycles. The second-order valence-corrected chi connectivity index (χ2v) is 5.11. The average molecular weight is 316 g/mol. The molecule has 2 N–H and O–H groups in total. The third-order valence-electron chi connectivity index (χ3n) is 2.57. The van der Waals surface area contributed by atoms with Crippen molar-refractivity contribution in [2.45, 2.75) is 6.10 Å². The van der Waals surface area contributed by atoms with Crippen molar-refractivity contribution in [1.82, 2.24) is 9.78 Å². The number of benzene rings is 1. The molecule has 2 rings (SSSR count). The van der Waals surface area contributed by atoms with E-state index < -0.39 is 6.10 Å². The van der Waals surface area contributed by atoms with Gasteiger partial charge in [-0.15, -0.1) is 0 Å². The van der Waals surface area contributed by atoms with Crippen LogP contribution in [-0.4, -0.2) is 34.1 Å².